The largest absolute Gasteiger partial charge is 0.497 e. The Morgan fingerprint density at radius 2 is 1.43 bits per heavy atom. The first-order chi connectivity index (χ1) is 13.5. The zero-order valence-corrected chi connectivity index (χ0v) is 14.9. The van der Waals surface area contributed by atoms with Crippen LogP contribution in [0.5, 0.6) is 11.5 Å². The number of ketones is 1. The van der Waals surface area contributed by atoms with Crippen molar-refractivity contribution in [1.29, 1.82) is 0 Å². The van der Waals surface area contributed by atoms with E-state index in [1.54, 1.807) is 36.4 Å². The maximum atomic E-state index is 12.9. The summed E-state index contributed by atoms with van der Waals surface area (Å²) in [6, 6.07) is 18.6. The Kier molecular flexibility index (Phi) is 5.50. The van der Waals surface area contributed by atoms with Gasteiger partial charge < -0.3 is 14.6 Å². The van der Waals surface area contributed by atoms with E-state index in [1.165, 1.54) is 43.5 Å². The van der Waals surface area contributed by atoms with Crippen LogP contribution in [0.15, 0.2) is 72.8 Å². The number of ether oxygens (including phenoxy) is 2. The van der Waals surface area contributed by atoms with Crippen LogP contribution >= 0.6 is 0 Å². The molecular weight excluding hydrogens is 360 g/mol. The van der Waals surface area contributed by atoms with E-state index >= 15 is 0 Å². The number of benzene rings is 3. The molecule has 0 aliphatic heterocycles. The third-order valence-electron chi connectivity index (χ3n) is 4.04. The van der Waals surface area contributed by atoms with Crippen LogP contribution in [0.1, 0.15) is 36.6 Å². The molecule has 0 saturated heterocycles. The summed E-state index contributed by atoms with van der Waals surface area (Å²) in [5.41, 5.74) is 0.272. The van der Waals surface area contributed by atoms with Gasteiger partial charge in [0.25, 0.3) is 0 Å². The molecule has 0 fully saturated rings. The summed E-state index contributed by atoms with van der Waals surface area (Å²) in [4.78, 5) is 36.7. The molecule has 0 bridgehead atoms. The molecule has 0 saturated carbocycles. The van der Waals surface area contributed by atoms with Gasteiger partial charge in [0, 0.05) is 5.56 Å². The second-order valence-corrected chi connectivity index (χ2v) is 5.80. The van der Waals surface area contributed by atoms with Gasteiger partial charge in [0.1, 0.15) is 11.5 Å². The SMILES string of the molecule is COc1cccc(C(=O)c2ccccc2OC(=O)c2ccccc2C(=O)O)c1. The summed E-state index contributed by atoms with van der Waals surface area (Å²) < 4.78 is 10.5. The number of methoxy groups -OCH3 is 1. The number of carbonyl (C=O) groups is 3. The molecule has 6 nitrogen and oxygen atoms in total. The Bertz CT molecular complexity index is 1050. The third kappa shape index (κ3) is 3.91. The lowest BCUT2D eigenvalue weighted by atomic mass is 10.0. The standard InChI is InChI=1S/C22H16O6/c1-27-15-8-6-7-14(13-15)20(23)18-11-4-5-12-19(18)28-22(26)17-10-3-2-9-16(17)21(24)25/h2-13H,1H3,(H,24,25). The quantitative estimate of drug-likeness (QED) is 0.399. The molecular formula is C22H16O6. The lowest BCUT2D eigenvalue weighted by Gasteiger charge is -2.11. The molecule has 0 spiro atoms. The van der Waals surface area contributed by atoms with Gasteiger partial charge >= 0.3 is 11.9 Å². The van der Waals surface area contributed by atoms with E-state index in [2.05, 4.69) is 0 Å². The molecule has 0 radical (unpaired) electrons. The van der Waals surface area contributed by atoms with Gasteiger partial charge in [0.2, 0.25) is 0 Å². The highest BCUT2D eigenvalue weighted by Crippen LogP contribution is 2.25. The first-order valence-electron chi connectivity index (χ1n) is 8.33. The van der Waals surface area contributed by atoms with Crippen molar-refractivity contribution in [3.05, 3.63) is 95.1 Å². The Hall–Kier alpha value is -3.93. The van der Waals surface area contributed by atoms with Crippen LogP contribution in [-0.2, 0) is 0 Å². The Morgan fingerprint density at radius 3 is 2.11 bits per heavy atom. The highest BCUT2D eigenvalue weighted by molar-refractivity contribution is 6.11. The minimum Gasteiger partial charge on any atom is -0.497 e. The number of carbonyl (C=O) groups excluding carboxylic acids is 2. The van der Waals surface area contributed by atoms with Crippen LogP contribution in [0.4, 0.5) is 0 Å². The van der Waals surface area contributed by atoms with Gasteiger partial charge in [-0.3, -0.25) is 4.79 Å². The van der Waals surface area contributed by atoms with E-state index in [-0.39, 0.29) is 28.2 Å². The fraction of sp³-hybridized carbons (Fsp3) is 0.0455. The van der Waals surface area contributed by atoms with Crippen molar-refractivity contribution in [3.63, 3.8) is 0 Å². The van der Waals surface area contributed by atoms with Gasteiger partial charge in [-0.15, -0.1) is 0 Å². The molecule has 0 aliphatic carbocycles. The number of hydrogen-bond donors (Lipinski definition) is 1. The molecule has 0 heterocycles. The lowest BCUT2D eigenvalue weighted by molar-refractivity contribution is 0.0667. The highest BCUT2D eigenvalue weighted by atomic mass is 16.5. The normalized spacial score (nSPS) is 10.2. The minimum absolute atomic E-state index is 0.0421. The highest BCUT2D eigenvalue weighted by Gasteiger charge is 2.21. The maximum absolute atomic E-state index is 12.9. The second kappa shape index (κ2) is 8.18. The molecule has 3 rings (SSSR count). The molecule has 0 aliphatic rings. The number of esters is 1. The van der Waals surface area contributed by atoms with Crippen LogP contribution < -0.4 is 9.47 Å². The Balaban J connectivity index is 1.94. The zero-order valence-electron chi connectivity index (χ0n) is 14.9. The Labute approximate surface area is 161 Å². The van der Waals surface area contributed by atoms with Crippen molar-refractivity contribution in [1.82, 2.24) is 0 Å². The minimum atomic E-state index is -1.24. The van der Waals surface area contributed by atoms with Crippen LogP contribution in [0, 0.1) is 0 Å². The van der Waals surface area contributed by atoms with Crippen LogP contribution in [0.3, 0.4) is 0 Å². The van der Waals surface area contributed by atoms with E-state index in [9.17, 15) is 19.5 Å². The van der Waals surface area contributed by atoms with Gasteiger partial charge in [-0.25, -0.2) is 9.59 Å². The van der Waals surface area contributed by atoms with E-state index in [4.69, 9.17) is 9.47 Å². The summed E-state index contributed by atoms with van der Waals surface area (Å²) >= 11 is 0. The molecule has 3 aromatic carbocycles. The average molecular weight is 376 g/mol. The molecule has 140 valence electrons. The first kappa shape index (κ1) is 18.8. The number of aromatic carboxylic acids is 1. The van der Waals surface area contributed by atoms with Gasteiger partial charge in [-0.05, 0) is 36.4 Å². The molecule has 0 atom stereocenters. The third-order valence-corrected chi connectivity index (χ3v) is 4.04. The average Bonchev–Trinajstić information content (AvgIpc) is 2.73. The fourth-order valence-electron chi connectivity index (χ4n) is 2.67. The molecule has 3 aromatic rings. The summed E-state index contributed by atoms with van der Waals surface area (Å²) in [5.74, 6) is -1.89. The molecule has 0 amide bonds. The van der Waals surface area contributed by atoms with Crippen molar-refractivity contribution in [2.75, 3.05) is 7.11 Å². The van der Waals surface area contributed by atoms with Crippen LogP contribution in [-0.4, -0.2) is 29.9 Å². The summed E-state index contributed by atoms with van der Waals surface area (Å²) in [7, 11) is 1.50. The number of carboxylic acid groups (broad SMARTS) is 1. The number of hydrogen-bond acceptors (Lipinski definition) is 5. The van der Waals surface area contributed by atoms with Gasteiger partial charge in [-0.1, -0.05) is 36.4 Å². The van der Waals surface area contributed by atoms with Crippen LogP contribution in [0.2, 0.25) is 0 Å². The lowest BCUT2D eigenvalue weighted by Crippen LogP contribution is -2.15. The van der Waals surface area contributed by atoms with Gasteiger partial charge in [0.15, 0.2) is 5.78 Å². The predicted octanol–water partition coefficient (Wildman–Crippen LogP) is 3.84. The van der Waals surface area contributed by atoms with Crippen molar-refractivity contribution >= 4 is 17.7 Å². The van der Waals surface area contributed by atoms with E-state index in [0.29, 0.717) is 11.3 Å². The zero-order chi connectivity index (χ0) is 20.1. The van der Waals surface area contributed by atoms with E-state index in [0.717, 1.165) is 0 Å². The summed E-state index contributed by atoms with van der Waals surface area (Å²) in [6.07, 6.45) is 0. The monoisotopic (exact) mass is 376 g/mol. The Morgan fingerprint density at radius 1 is 0.786 bits per heavy atom. The number of carboxylic acids is 1. The van der Waals surface area contributed by atoms with Crippen molar-refractivity contribution in [2.24, 2.45) is 0 Å². The fourth-order valence-corrected chi connectivity index (χ4v) is 2.67. The summed E-state index contributed by atoms with van der Waals surface area (Å²) in [5, 5.41) is 9.25. The van der Waals surface area contributed by atoms with E-state index < -0.39 is 11.9 Å². The maximum Gasteiger partial charge on any atom is 0.344 e. The first-order valence-corrected chi connectivity index (χ1v) is 8.33. The van der Waals surface area contributed by atoms with Crippen molar-refractivity contribution in [2.45, 2.75) is 0 Å². The van der Waals surface area contributed by atoms with Crippen molar-refractivity contribution < 1.29 is 29.0 Å². The molecule has 0 unspecified atom stereocenters. The van der Waals surface area contributed by atoms with Crippen molar-refractivity contribution in [3.8, 4) is 11.5 Å². The molecule has 1 N–H and O–H groups in total. The smallest absolute Gasteiger partial charge is 0.344 e. The van der Waals surface area contributed by atoms with E-state index in [1.807, 2.05) is 0 Å². The molecule has 0 aromatic heterocycles. The van der Waals surface area contributed by atoms with Gasteiger partial charge in [0.05, 0.1) is 23.8 Å². The second-order valence-electron chi connectivity index (χ2n) is 5.80. The van der Waals surface area contributed by atoms with Gasteiger partial charge in [-0.2, -0.15) is 0 Å². The summed E-state index contributed by atoms with van der Waals surface area (Å²) in [6.45, 7) is 0. The number of para-hydroxylation sites is 1. The molecule has 6 heteroatoms. The number of rotatable bonds is 6. The molecule has 28 heavy (non-hydrogen) atoms. The topological polar surface area (TPSA) is 89.9 Å². The predicted molar refractivity (Wildman–Crippen MR) is 101 cm³/mol. The van der Waals surface area contributed by atoms with Crippen LogP contribution in [0.25, 0.3) is 0 Å².